The smallest absolute Gasteiger partial charge is 0.241 e. The lowest BCUT2D eigenvalue weighted by atomic mass is 9.87. The van der Waals surface area contributed by atoms with E-state index in [9.17, 15) is 0 Å². The van der Waals surface area contributed by atoms with Crippen molar-refractivity contribution in [1.82, 2.24) is 9.78 Å². The highest BCUT2D eigenvalue weighted by Gasteiger charge is 2.19. The van der Waals surface area contributed by atoms with Crippen LogP contribution in [0.3, 0.4) is 0 Å². The van der Waals surface area contributed by atoms with Gasteiger partial charge in [-0.15, -0.1) is 0 Å². The number of aromatic nitrogens is 2. The van der Waals surface area contributed by atoms with Gasteiger partial charge in [-0.25, -0.2) is 4.68 Å². The van der Waals surface area contributed by atoms with Gasteiger partial charge in [-0.1, -0.05) is 46.8 Å². The molecule has 0 amide bonds. The lowest BCUT2D eigenvalue weighted by Gasteiger charge is -2.19. The average Bonchev–Trinajstić information content (AvgIpc) is 2.66. The van der Waals surface area contributed by atoms with Gasteiger partial charge in [0.1, 0.15) is 11.4 Å². The minimum Gasteiger partial charge on any atom is -0.437 e. The Hall–Kier alpha value is -1.97. The molecule has 2 aromatic rings. The summed E-state index contributed by atoms with van der Waals surface area (Å²) in [5.41, 5.74) is 8.97. The van der Waals surface area contributed by atoms with Crippen LogP contribution in [0.1, 0.15) is 51.8 Å². The molecule has 0 aliphatic rings. The van der Waals surface area contributed by atoms with E-state index in [0.717, 1.165) is 11.4 Å². The molecular formula is C17H25N3O. The third kappa shape index (κ3) is 3.20. The van der Waals surface area contributed by atoms with Crippen LogP contribution in [0.5, 0.6) is 11.6 Å². The molecular weight excluding hydrogens is 262 g/mol. The van der Waals surface area contributed by atoms with Crippen molar-refractivity contribution in [3.63, 3.8) is 0 Å². The number of aryl methyl sites for hydroxylation is 1. The molecule has 0 unspecified atom stereocenters. The number of anilines is 1. The van der Waals surface area contributed by atoms with Crippen molar-refractivity contribution in [2.45, 2.75) is 46.0 Å². The fraction of sp³-hybridized carbons (Fsp3) is 0.471. The van der Waals surface area contributed by atoms with E-state index in [-0.39, 0.29) is 11.3 Å². The largest absolute Gasteiger partial charge is 0.437 e. The van der Waals surface area contributed by atoms with Crippen LogP contribution in [0.4, 0.5) is 5.69 Å². The highest BCUT2D eigenvalue weighted by molar-refractivity contribution is 5.55. The highest BCUT2D eigenvalue weighted by Crippen LogP contribution is 2.34. The van der Waals surface area contributed by atoms with Gasteiger partial charge in [-0.2, -0.15) is 5.10 Å². The van der Waals surface area contributed by atoms with E-state index in [4.69, 9.17) is 10.5 Å². The fourth-order valence-electron chi connectivity index (χ4n) is 2.23. The summed E-state index contributed by atoms with van der Waals surface area (Å²) < 4.78 is 7.68. The van der Waals surface area contributed by atoms with Crippen LogP contribution in [0, 0.1) is 0 Å². The molecule has 0 saturated heterocycles. The minimum absolute atomic E-state index is 0.0838. The van der Waals surface area contributed by atoms with E-state index in [0.29, 0.717) is 11.6 Å². The Morgan fingerprint density at radius 1 is 1.24 bits per heavy atom. The van der Waals surface area contributed by atoms with E-state index >= 15 is 0 Å². The van der Waals surface area contributed by atoms with E-state index in [2.05, 4.69) is 51.9 Å². The van der Waals surface area contributed by atoms with Gasteiger partial charge in [0.25, 0.3) is 0 Å². The van der Waals surface area contributed by atoms with Crippen molar-refractivity contribution in [2.75, 3.05) is 5.73 Å². The number of nitrogen functional groups attached to an aromatic ring is 1. The molecule has 0 saturated carbocycles. The van der Waals surface area contributed by atoms with Crippen molar-refractivity contribution >= 4 is 5.69 Å². The van der Waals surface area contributed by atoms with Crippen LogP contribution in [0.25, 0.3) is 0 Å². The number of hydrogen-bond acceptors (Lipinski definition) is 3. The predicted octanol–water partition coefficient (Wildman–Crippen LogP) is 4.22. The van der Waals surface area contributed by atoms with Gasteiger partial charge in [0.15, 0.2) is 0 Å². The highest BCUT2D eigenvalue weighted by atomic mass is 16.5. The molecule has 0 aliphatic carbocycles. The zero-order valence-corrected chi connectivity index (χ0v) is 13.8. The summed E-state index contributed by atoms with van der Waals surface area (Å²) in [6.07, 6.45) is 0. The van der Waals surface area contributed by atoms with Crippen LogP contribution < -0.4 is 10.5 Å². The number of ether oxygens (including phenoxy) is 1. The Kier molecular flexibility index (Phi) is 3.99. The lowest BCUT2D eigenvalue weighted by molar-refractivity contribution is 0.430. The van der Waals surface area contributed by atoms with E-state index in [1.807, 2.05) is 19.2 Å². The number of nitrogens with zero attached hydrogens (tertiary/aromatic N) is 2. The molecule has 1 aromatic heterocycles. The average molecular weight is 287 g/mol. The zero-order valence-electron chi connectivity index (χ0n) is 13.8. The van der Waals surface area contributed by atoms with Crippen LogP contribution in [0.2, 0.25) is 0 Å². The van der Waals surface area contributed by atoms with Gasteiger partial charge in [0, 0.05) is 7.05 Å². The maximum absolute atomic E-state index is 6.17. The van der Waals surface area contributed by atoms with Crippen molar-refractivity contribution in [3.05, 3.63) is 35.5 Å². The molecule has 2 N–H and O–H groups in total. The number of rotatable bonds is 3. The number of hydrogen-bond donors (Lipinski definition) is 1. The van der Waals surface area contributed by atoms with Crippen molar-refractivity contribution < 1.29 is 4.74 Å². The Morgan fingerprint density at radius 2 is 1.90 bits per heavy atom. The molecule has 2 rings (SSSR count). The summed E-state index contributed by atoms with van der Waals surface area (Å²) in [5, 5.41) is 4.44. The van der Waals surface area contributed by atoms with Gasteiger partial charge in [-0.3, -0.25) is 0 Å². The van der Waals surface area contributed by atoms with Crippen LogP contribution in [-0.2, 0) is 12.5 Å². The molecule has 0 aliphatic heterocycles. The molecule has 4 nitrogen and oxygen atoms in total. The zero-order chi connectivity index (χ0) is 15.8. The van der Waals surface area contributed by atoms with Crippen LogP contribution in [-0.4, -0.2) is 9.78 Å². The molecule has 0 fully saturated rings. The van der Waals surface area contributed by atoms with E-state index < -0.39 is 0 Å². The Labute approximate surface area is 126 Å². The monoisotopic (exact) mass is 287 g/mol. The Balaban J connectivity index is 2.35. The van der Waals surface area contributed by atoms with Gasteiger partial charge in [0.05, 0.1) is 5.69 Å². The molecule has 0 spiro atoms. The molecule has 4 heteroatoms. The summed E-state index contributed by atoms with van der Waals surface area (Å²) in [6, 6.07) is 8.11. The van der Waals surface area contributed by atoms with Crippen molar-refractivity contribution in [3.8, 4) is 11.6 Å². The molecule has 0 radical (unpaired) electrons. The van der Waals surface area contributed by atoms with Crippen molar-refractivity contribution in [1.29, 1.82) is 0 Å². The SMILES string of the molecule is CC(C)c1nn(C)c(Oc2cccc(C(C)(C)C)c2)c1N. The Morgan fingerprint density at radius 3 is 2.43 bits per heavy atom. The normalized spacial score (nSPS) is 12.0. The number of benzene rings is 1. The van der Waals surface area contributed by atoms with Gasteiger partial charge >= 0.3 is 0 Å². The first-order valence-electron chi connectivity index (χ1n) is 7.31. The topological polar surface area (TPSA) is 53.1 Å². The standard InChI is InChI=1S/C17H25N3O/c1-11(2)15-14(18)16(20(6)19-15)21-13-9-7-8-12(10-13)17(3,4)5/h7-11H,18H2,1-6H3. The van der Waals surface area contributed by atoms with Crippen LogP contribution in [0.15, 0.2) is 24.3 Å². The van der Waals surface area contributed by atoms with Gasteiger partial charge in [0.2, 0.25) is 5.88 Å². The second kappa shape index (κ2) is 5.43. The van der Waals surface area contributed by atoms with E-state index in [1.165, 1.54) is 5.56 Å². The second-order valence-corrected chi connectivity index (χ2v) is 6.76. The third-order valence-electron chi connectivity index (χ3n) is 3.52. The summed E-state index contributed by atoms with van der Waals surface area (Å²) in [7, 11) is 1.85. The van der Waals surface area contributed by atoms with Gasteiger partial charge in [-0.05, 0) is 29.0 Å². The molecule has 1 aromatic carbocycles. The first-order valence-corrected chi connectivity index (χ1v) is 7.31. The summed E-state index contributed by atoms with van der Waals surface area (Å²) in [5.74, 6) is 1.66. The first kappa shape index (κ1) is 15.4. The Bertz CT molecular complexity index is 636. The lowest BCUT2D eigenvalue weighted by Crippen LogP contribution is -2.10. The fourth-order valence-corrected chi connectivity index (χ4v) is 2.23. The second-order valence-electron chi connectivity index (χ2n) is 6.76. The third-order valence-corrected chi connectivity index (χ3v) is 3.52. The van der Waals surface area contributed by atoms with E-state index in [1.54, 1.807) is 4.68 Å². The predicted molar refractivity (Wildman–Crippen MR) is 86.9 cm³/mol. The first-order chi connectivity index (χ1) is 9.70. The summed E-state index contributed by atoms with van der Waals surface area (Å²) in [6.45, 7) is 10.7. The van der Waals surface area contributed by atoms with Gasteiger partial charge < -0.3 is 10.5 Å². The molecule has 0 atom stereocenters. The number of nitrogens with two attached hydrogens (primary N) is 1. The quantitative estimate of drug-likeness (QED) is 0.919. The summed E-state index contributed by atoms with van der Waals surface area (Å²) >= 11 is 0. The maximum Gasteiger partial charge on any atom is 0.241 e. The molecule has 114 valence electrons. The summed E-state index contributed by atoms with van der Waals surface area (Å²) in [4.78, 5) is 0. The van der Waals surface area contributed by atoms with Crippen LogP contribution >= 0.6 is 0 Å². The molecule has 1 heterocycles. The van der Waals surface area contributed by atoms with Crippen molar-refractivity contribution in [2.24, 2.45) is 7.05 Å². The maximum atomic E-state index is 6.17. The minimum atomic E-state index is 0.0838. The molecule has 21 heavy (non-hydrogen) atoms. The molecule has 0 bridgehead atoms.